The van der Waals surface area contributed by atoms with Gasteiger partial charge in [0.15, 0.2) is 0 Å². The lowest BCUT2D eigenvalue weighted by molar-refractivity contribution is -0.0294. The van der Waals surface area contributed by atoms with Gasteiger partial charge in [0.2, 0.25) is 11.8 Å². The molecule has 2 unspecified atom stereocenters. The van der Waals surface area contributed by atoms with Crippen molar-refractivity contribution in [3.05, 3.63) is 102 Å². The van der Waals surface area contributed by atoms with Gasteiger partial charge in [-0.25, -0.2) is 4.98 Å². The van der Waals surface area contributed by atoms with Crippen molar-refractivity contribution in [2.45, 2.75) is 51.4 Å². The number of amides is 1. The van der Waals surface area contributed by atoms with Gasteiger partial charge < -0.3 is 19.1 Å². The van der Waals surface area contributed by atoms with Crippen LogP contribution < -0.4 is 14.2 Å². The van der Waals surface area contributed by atoms with E-state index in [0.717, 1.165) is 25.2 Å². The number of carbonyl (C=O) groups excluding carboxylic acids is 1. The maximum Gasteiger partial charge on any atom is 0.323 e. The summed E-state index contributed by atoms with van der Waals surface area (Å²) in [6, 6.07) is 21.9. The molecule has 246 valence electrons. The summed E-state index contributed by atoms with van der Waals surface area (Å²) < 4.78 is 17.7. The second-order valence-corrected chi connectivity index (χ2v) is 12.2. The van der Waals surface area contributed by atoms with Gasteiger partial charge in [-0.15, -0.1) is 0 Å². The lowest BCUT2D eigenvalue weighted by Crippen LogP contribution is -2.67. The molecule has 0 spiro atoms. The maximum absolute atomic E-state index is 13.6. The van der Waals surface area contributed by atoms with Crippen molar-refractivity contribution in [3.8, 4) is 17.8 Å². The van der Waals surface area contributed by atoms with Gasteiger partial charge in [-0.2, -0.15) is 9.97 Å². The highest BCUT2D eigenvalue weighted by atomic mass is 16.5. The van der Waals surface area contributed by atoms with Gasteiger partial charge in [0, 0.05) is 69.7 Å². The summed E-state index contributed by atoms with van der Waals surface area (Å²) >= 11 is 0. The van der Waals surface area contributed by atoms with Crippen LogP contribution in [0.2, 0.25) is 0 Å². The molecule has 6 rings (SSSR count). The number of ether oxygens (including phenoxy) is 3. The minimum Gasteiger partial charge on any atom is -0.481 e. The van der Waals surface area contributed by atoms with E-state index in [1.807, 2.05) is 25.7 Å². The van der Waals surface area contributed by atoms with Gasteiger partial charge in [0.25, 0.3) is 5.91 Å². The molecule has 11 nitrogen and oxygen atoms in total. The Kier molecular flexibility index (Phi) is 10.2. The van der Waals surface area contributed by atoms with E-state index < -0.39 is 0 Å². The molecular formula is C36H43N7O4. The Bertz CT molecular complexity index is 1570. The lowest BCUT2D eigenvalue weighted by Gasteiger charge is -2.53. The number of benzene rings is 2. The van der Waals surface area contributed by atoms with Crippen LogP contribution >= 0.6 is 0 Å². The van der Waals surface area contributed by atoms with Gasteiger partial charge in [-0.3, -0.25) is 19.6 Å². The van der Waals surface area contributed by atoms with E-state index in [2.05, 4.69) is 90.4 Å². The normalized spacial score (nSPS) is 18.6. The number of piperazine rings is 2. The molecule has 2 fully saturated rings. The molecule has 0 saturated carbocycles. The maximum atomic E-state index is 13.6. The van der Waals surface area contributed by atoms with Crippen molar-refractivity contribution in [2.24, 2.45) is 0 Å². The average Bonchev–Trinajstić information content (AvgIpc) is 3.10. The quantitative estimate of drug-likeness (QED) is 0.236. The van der Waals surface area contributed by atoms with Gasteiger partial charge in [-0.05, 0) is 31.9 Å². The Morgan fingerprint density at radius 2 is 1.62 bits per heavy atom. The molecule has 0 aliphatic carbocycles. The first-order valence-electron chi connectivity index (χ1n) is 16.3. The number of aromatic nitrogens is 4. The first kappa shape index (κ1) is 32.3. The Morgan fingerprint density at radius 1 is 0.915 bits per heavy atom. The molecule has 2 atom stereocenters. The van der Waals surface area contributed by atoms with E-state index in [1.165, 1.54) is 11.1 Å². The van der Waals surface area contributed by atoms with Crippen LogP contribution in [0.3, 0.4) is 0 Å². The Labute approximate surface area is 276 Å². The summed E-state index contributed by atoms with van der Waals surface area (Å²) in [4.78, 5) is 38.1. The minimum absolute atomic E-state index is 0.0714. The highest BCUT2D eigenvalue weighted by molar-refractivity contribution is 5.92. The van der Waals surface area contributed by atoms with E-state index in [1.54, 1.807) is 25.7 Å². The molecule has 0 radical (unpaired) electrons. The predicted molar refractivity (Wildman–Crippen MR) is 178 cm³/mol. The minimum atomic E-state index is -0.105. The highest BCUT2D eigenvalue weighted by Crippen LogP contribution is 2.37. The summed E-state index contributed by atoms with van der Waals surface area (Å²) in [6.07, 6.45) is 4.59. The standard InChI is InChI=1S/C36H43N7O4/c1-5-46-36-39-33(45-4)29(34(40-36)47-25(2)3)23-41-21-28-22-42(35(44)30-20-37-16-17-38-30)18-19-43(28)31(24-41)32(26-12-8-6-9-13-26)27-14-10-7-11-15-27/h6-17,20,25,28,31-32H,5,18-19,21-24H2,1-4H3. The van der Waals surface area contributed by atoms with Crippen LogP contribution in [0.4, 0.5) is 0 Å². The monoisotopic (exact) mass is 637 g/mol. The molecule has 1 amide bonds. The smallest absolute Gasteiger partial charge is 0.323 e. The number of carbonyl (C=O) groups is 1. The Morgan fingerprint density at radius 3 is 2.23 bits per heavy atom. The van der Waals surface area contributed by atoms with Crippen molar-refractivity contribution >= 4 is 5.91 Å². The van der Waals surface area contributed by atoms with E-state index in [0.29, 0.717) is 43.7 Å². The van der Waals surface area contributed by atoms with E-state index >= 15 is 0 Å². The SMILES string of the molecule is CCOc1nc(OC)c(CN2CC3CN(C(=O)c4cnccn4)CCN3C(C(c3ccccc3)c3ccccc3)C2)c(OC(C)C)n1. The molecule has 0 N–H and O–H groups in total. The third kappa shape index (κ3) is 7.36. The third-order valence-corrected chi connectivity index (χ3v) is 8.75. The van der Waals surface area contributed by atoms with E-state index in [9.17, 15) is 4.79 Å². The molecule has 4 aromatic rings. The second kappa shape index (κ2) is 14.9. The molecule has 2 aromatic heterocycles. The molecule has 2 saturated heterocycles. The van der Waals surface area contributed by atoms with Crippen LogP contribution in [0, 0.1) is 0 Å². The topological polar surface area (TPSA) is 106 Å². The van der Waals surface area contributed by atoms with Crippen molar-refractivity contribution in [1.82, 2.24) is 34.6 Å². The van der Waals surface area contributed by atoms with Gasteiger partial charge >= 0.3 is 6.01 Å². The first-order valence-corrected chi connectivity index (χ1v) is 16.3. The van der Waals surface area contributed by atoms with Crippen LogP contribution in [-0.4, -0.2) is 105 Å². The second-order valence-electron chi connectivity index (χ2n) is 12.2. The zero-order valence-electron chi connectivity index (χ0n) is 27.5. The highest BCUT2D eigenvalue weighted by Gasteiger charge is 2.43. The fourth-order valence-corrected chi connectivity index (χ4v) is 6.82. The molecular weight excluding hydrogens is 594 g/mol. The van der Waals surface area contributed by atoms with Crippen LogP contribution in [0.5, 0.6) is 17.8 Å². The molecule has 4 heterocycles. The van der Waals surface area contributed by atoms with Crippen molar-refractivity contribution in [1.29, 1.82) is 0 Å². The van der Waals surface area contributed by atoms with Gasteiger partial charge in [0.1, 0.15) is 5.69 Å². The molecule has 0 bridgehead atoms. The number of nitrogens with zero attached hydrogens (tertiary/aromatic N) is 7. The number of methoxy groups -OCH3 is 1. The summed E-state index contributed by atoms with van der Waals surface area (Å²) in [5.41, 5.74) is 3.65. The van der Waals surface area contributed by atoms with E-state index in [-0.39, 0.29) is 36.0 Å². The predicted octanol–water partition coefficient (Wildman–Crippen LogP) is 4.30. The molecule has 2 aromatic carbocycles. The summed E-state index contributed by atoms with van der Waals surface area (Å²) in [6.45, 7) is 10.2. The van der Waals surface area contributed by atoms with Crippen molar-refractivity contribution in [3.63, 3.8) is 0 Å². The zero-order valence-corrected chi connectivity index (χ0v) is 27.5. The molecule has 47 heavy (non-hydrogen) atoms. The van der Waals surface area contributed by atoms with Crippen LogP contribution in [0.15, 0.2) is 79.3 Å². The van der Waals surface area contributed by atoms with Gasteiger partial charge in [0.05, 0.1) is 31.6 Å². The molecule has 11 heteroatoms. The molecule has 2 aliphatic heterocycles. The fraction of sp³-hybridized carbons (Fsp3) is 0.417. The number of hydrogen-bond donors (Lipinski definition) is 0. The first-order chi connectivity index (χ1) is 22.9. The van der Waals surface area contributed by atoms with Crippen LogP contribution in [0.25, 0.3) is 0 Å². The average molecular weight is 638 g/mol. The lowest BCUT2D eigenvalue weighted by atomic mass is 9.81. The largest absolute Gasteiger partial charge is 0.481 e. The third-order valence-electron chi connectivity index (χ3n) is 8.75. The van der Waals surface area contributed by atoms with Crippen molar-refractivity contribution < 1.29 is 19.0 Å². The summed E-state index contributed by atoms with van der Waals surface area (Å²) in [5, 5.41) is 0. The molecule has 2 aliphatic rings. The Hall–Kier alpha value is -4.61. The summed E-state index contributed by atoms with van der Waals surface area (Å²) in [7, 11) is 1.61. The van der Waals surface area contributed by atoms with E-state index in [4.69, 9.17) is 14.2 Å². The zero-order chi connectivity index (χ0) is 32.8. The number of hydrogen-bond acceptors (Lipinski definition) is 10. The van der Waals surface area contributed by atoms with Crippen LogP contribution in [0.1, 0.15) is 53.9 Å². The summed E-state index contributed by atoms with van der Waals surface area (Å²) in [5.74, 6) is 0.905. The Balaban J connectivity index is 1.38. The van der Waals surface area contributed by atoms with Gasteiger partial charge in [-0.1, -0.05) is 60.7 Å². The number of fused-ring (bicyclic) bond motifs is 1. The fourth-order valence-electron chi connectivity index (χ4n) is 6.82. The van der Waals surface area contributed by atoms with Crippen LogP contribution in [-0.2, 0) is 6.54 Å². The number of rotatable bonds is 11. The van der Waals surface area contributed by atoms with Crippen molar-refractivity contribution in [2.75, 3.05) is 46.4 Å².